The van der Waals surface area contributed by atoms with Gasteiger partial charge in [-0.25, -0.2) is 4.79 Å². The molecule has 2 N–H and O–H groups in total. The van der Waals surface area contributed by atoms with E-state index in [1.54, 1.807) is 32.9 Å². The molecule has 0 aliphatic rings. The number of carbonyl (C=O) groups excluding carboxylic acids is 2. The van der Waals surface area contributed by atoms with Gasteiger partial charge in [-0.15, -0.1) is 0 Å². The van der Waals surface area contributed by atoms with Crippen LogP contribution in [0.4, 0.5) is 4.79 Å². The number of carbonyl (C=O) groups is 2. The standard InChI is InChI=1S/C20H24N2O6S/c1-4-27-20(24)22-12-11-21-19(23)16-7-9-17(10-8-16)28-29(25,26)18-13-14(2)5-6-15(18)3/h5-10,13H,4,11-12H2,1-3H3,(H,21,23)(H,22,24). The highest BCUT2D eigenvalue weighted by molar-refractivity contribution is 7.87. The first-order valence-electron chi connectivity index (χ1n) is 9.03. The molecule has 8 nitrogen and oxygen atoms in total. The molecule has 0 saturated heterocycles. The van der Waals surface area contributed by atoms with Crippen LogP contribution in [0.1, 0.15) is 28.4 Å². The minimum Gasteiger partial charge on any atom is -0.450 e. The lowest BCUT2D eigenvalue weighted by molar-refractivity contribution is 0.0952. The van der Waals surface area contributed by atoms with Gasteiger partial charge in [-0.1, -0.05) is 12.1 Å². The molecule has 0 bridgehead atoms. The zero-order valence-corrected chi connectivity index (χ0v) is 17.3. The molecule has 0 fully saturated rings. The average Bonchev–Trinajstić information content (AvgIpc) is 2.67. The number of ether oxygens (including phenoxy) is 1. The van der Waals surface area contributed by atoms with Crippen LogP contribution in [0.25, 0.3) is 0 Å². The van der Waals surface area contributed by atoms with Crippen molar-refractivity contribution in [3.63, 3.8) is 0 Å². The number of rotatable bonds is 8. The van der Waals surface area contributed by atoms with E-state index in [2.05, 4.69) is 10.6 Å². The lowest BCUT2D eigenvalue weighted by Gasteiger charge is -2.11. The molecule has 0 radical (unpaired) electrons. The summed E-state index contributed by atoms with van der Waals surface area (Å²) < 4.78 is 34.9. The Morgan fingerprint density at radius 3 is 2.28 bits per heavy atom. The summed E-state index contributed by atoms with van der Waals surface area (Å²) in [4.78, 5) is 23.3. The molecule has 0 aliphatic carbocycles. The Morgan fingerprint density at radius 2 is 1.62 bits per heavy atom. The maximum atomic E-state index is 12.5. The average molecular weight is 420 g/mol. The zero-order chi connectivity index (χ0) is 21.4. The van der Waals surface area contributed by atoms with Gasteiger partial charge in [-0.05, 0) is 62.2 Å². The minimum absolute atomic E-state index is 0.103. The third kappa shape index (κ3) is 6.49. The van der Waals surface area contributed by atoms with Crippen molar-refractivity contribution in [2.24, 2.45) is 0 Å². The summed E-state index contributed by atoms with van der Waals surface area (Å²) in [5, 5.41) is 5.12. The Balaban J connectivity index is 1.95. The number of benzene rings is 2. The smallest absolute Gasteiger partial charge is 0.407 e. The van der Waals surface area contributed by atoms with E-state index >= 15 is 0 Å². The van der Waals surface area contributed by atoms with Crippen molar-refractivity contribution in [2.75, 3.05) is 19.7 Å². The van der Waals surface area contributed by atoms with E-state index in [1.807, 2.05) is 6.07 Å². The Kier molecular flexibility index (Phi) is 7.60. The van der Waals surface area contributed by atoms with E-state index in [9.17, 15) is 18.0 Å². The highest BCUT2D eigenvalue weighted by Gasteiger charge is 2.19. The van der Waals surface area contributed by atoms with Crippen LogP contribution in [-0.2, 0) is 14.9 Å². The molecule has 2 rings (SSSR count). The van der Waals surface area contributed by atoms with E-state index in [0.29, 0.717) is 11.1 Å². The first kappa shape index (κ1) is 22.2. The molecule has 2 aromatic rings. The van der Waals surface area contributed by atoms with E-state index in [1.165, 1.54) is 24.3 Å². The van der Waals surface area contributed by atoms with Crippen LogP contribution in [0.3, 0.4) is 0 Å². The Labute approximate surface area is 170 Å². The molecule has 0 atom stereocenters. The van der Waals surface area contributed by atoms with Gasteiger partial charge in [0.1, 0.15) is 10.6 Å². The third-order valence-corrected chi connectivity index (χ3v) is 5.28. The first-order chi connectivity index (χ1) is 13.7. The number of alkyl carbamates (subject to hydrolysis) is 1. The zero-order valence-electron chi connectivity index (χ0n) is 16.5. The second-order valence-electron chi connectivity index (χ2n) is 6.23. The number of nitrogens with one attached hydrogen (secondary N) is 2. The number of hydrogen-bond acceptors (Lipinski definition) is 6. The SMILES string of the molecule is CCOC(=O)NCCNC(=O)c1ccc(OS(=O)(=O)c2cc(C)ccc2C)cc1. The molecule has 2 amide bonds. The molecule has 29 heavy (non-hydrogen) atoms. The van der Waals surface area contributed by atoms with Crippen molar-refractivity contribution in [3.05, 3.63) is 59.2 Å². The van der Waals surface area contributed by atoms with Crippen molar-refractivity contribution >= 4 is 22.1 Å². The Hall–Kier alpha value is -3.07. The monoisotopic (exact) mass is 420 g/mol. The molecule has 2 aromatic carbocycles. The largest absolute Gasteiger partial charge is 0.450 e. The molecule has 0 spiro atoms. The maximum absolute atomic E-state index is 12.5. The Bertz CT molecular complexity index is 971. The van der Waals surface area contributed by atoms with E-state index in [0.717, 1.165) is 5.56 Å². The summed E-state index contributed by atoms with van der Waals surface area (Å²) in [6, 6.07) is 10.8. The van der Waals surface area contributed by atoms with Crippen molar-refractivity contribution in [1.82, 2.24) is 10.6 Å². The fourth-order valence-corrected chi connectivity index (χ4v) is 3.68. The highest BCUT2D eigenvalue weighted by Crippen LogP contribution is 2.22. The van der Waals surface area contributed by atoms with Gasteiger partial charge in [-0.2, -0.15) is 8.42 Å². The molecular weight excluding hydrogens is 396 g/mol. The molecule has 9 heteroatoms. The lowest BCUT2D eigenvalue weighted by Crippen LogP contribution is -2.34. The lowest BCUT2D eigenvalue weighted by atomic mass is 10.2. The quantitative estimate of drug-likeness (QED) is 0.502. The number of amides is 2. The van der Waals surface area contributed by atoms with E-state index in [-0.39, 0.29) is 36.2 Å². The van der Waals surface area contributed by atoms with Crippen LogP contribution in [0.2, 0.25) is 0 Å². The highest BCUT2D eigenvalue weighted by atomic mass is 32.2. The van der Waals surface area contributed by atoms with Gasteiger partial charge in [0.2, 0.25) is 0 Å². The second-order valence-corrected chi connectivity index (χ2v) is 7.75. The maximum Gasteiger partial charge on any atom is 0.407 e. The molecule has 0 unspecified atom stereocenters. The topological polar surface area (TPSA) is 111 Å². The van der Waals surface area contributed by atoms with E-state index < -0.39 is 16.2 Å². The second kappa shape index (κ2) is 9.92. The summed E-state index contributed by atoms with van der Waals surface area (Å²) in [6.07, 6.45) is -0.548. The fourth-order valence-electron chi connectivity index (χ4n) is 2.43. The van der Waals surface area contributed by atoms with Crippen LogP contribution in [0.15, 0.2) is 47.4 Å². The van der Waals surface area contributed by atoms with Gasteiger partial charge in [0, 0.05) is 18.7 Å². The third-order valence-electron chi connectivity index (χ3n) is 3.89. The van der Waals surface area contributed by atoms with Crippen molar-refractivity contribution in [1.29, 1.82) is 0 Å². The number of hydrogen-bond donors (Lipinski definition) is 2. The van der Waals surface area contributed by atoms with Gasteiger partial charge in [0.05, 0.1) is 6.61 Å². The van der Waals surface area contributed by atoms with Crippen LogP contribution < -0.4 is 14.8 Å². The predicted octanol–water partition coefficient (Wildman–Crippen LogP) is 2.55. The van der Waals surface area contributed by atoms with Crippen LogP contribution in [0.5, 0.6) is 5.75 Å². The summed E-state index contributed by atoms with van der Waals surface area (Å²) in [5.41, 5.74) is 1.72. The first-order valence-corrected chi connectivity index (χ1v) is 10.4. The normalized spacial score (nSPS) is 10.9. The summed E-state index contributed by atoms with van der Waals surface area (Å²) >= 11 is 0. The van der Waals surface area contributed by atoms with Crippen LogP contribution >= 0.6 is 0 Å². The predicted molar refractivity (Wildman–Crippen MR) is 108 cm³/mol. The molecule has 0 saturated carbocycles. The van der Waals surface area contributed by atoms with Gasteiger partial charge >= 0.3 is 16.2 Å². The Morgan fingerprint density at radius 1 is 0.966 bits per heavy atom. The summed E-state index contributed by atoms with van der Waals surface area (Å²) in [5.74, 6) is -0.258. The molecular formula is C20H24N2O6S. The van der Waals surface area contributed by atoms with Gasteiger partial charge in [0.15, 0.2) is 0 Å². The molecule has 0 aromatic heterocycles. The summed E-state index contributed by atoms with van der Waals surface area (Å²) in [7, 11) is -3.98. The van der Waals surface area contributed by atoms with Gasteiger partial charge in [0.25, 0.3) is 5.91 Å². The summed E-state index contributed by atoms with van der Waals surface area (Å²) in [6.45, 7) is 5.90. The fraction of sp³-hybridized carbons (Fsp3) is 0.300. The van der Waals surface area contributed by atoms with Gasteiger partial charge in [-0.3, -0.25) is 4.79 Å². The van der Waals surface area contributed by atoms with Crippen molar-refractivity contribution in [2.45, 2.75) is 25.7 Å². The van der Waals surface area contributed by atoms with Crippen molar-refractivity contribution in [3.8, 4) is 5.75 Å². The molecule has 156 valence electrons. The van der Waals surface area contributed by atoms with Gasteiger partial charge < -0.3 is 19.6 Å². The van der Waals surface area contributed by atoms with Crippen LogP contribution in [0, 0.1) is 13.8 Å². The van der Waals surface area contributed by atoms with Crippen LogP contribution in [-0.4, -0.2) is 40.1 Å². The minimum atomic E-state index is -3.98. The van der Waals surface area contributed by atoms with E-state index in [4.69, 9.17) is 8.92 Å². The molecule has 0 heterocycles. The number of aryl methyl sites for hydroxylation is 2. The molecule has 0 aliphatic heterocycles. The van der Waals surface area contributed by atoms with Crippen molar-refractivity contribution < 1.29 is 26.9 Å².